The van der Waals surface area contributed by atoms with Gasteiger partial charge in [0.2, 0.25) is 0 Å². The van der Waals surface area contributed by atoms with Crippen molar-refractivity contribution in [2.45, 2.75) is 12.5 Å². The molecule has 11 aromatic carbocycles. The Bertz CT molecular complexity index is 3880. The van der Waals surface area contributed by atoms with Crippen LogP contribution >= 0.6 is 0 Å². The number of benzene rings is 11. The Labute approximate surface area is 396 Å². The SMILES string of the molecule is C1=CC(N(c2ccc(-c3cc(-c4ccccc4)cc(-n4c5ccccc5c5ccccc54)c3)cc2)c2ccc(-c3cccc4ccccc34)c3ccccc23)CC(c2cccc3ccccc23)=C1. The molecule has 0 saturated carbocycles. The molecule has 0 N–H and O–H groups in total. The van der Waals surface area contributed by atoms with Crippen molar-refractivity contribution in [3.63, 3.8) is 0 Å². The Morgan fingerprint density at radius 1 is 0.368 bits per heavy atom. The molecule has 0 aliphatic heterocycles. The second kappa shape index (κ2) is 16.6. The number of hydrogen-bond donors (Lipinski definition) is 0. The van der Waals surface area contributed by atoms with Gasteiger partial charge in [-0.1, -0.05) is 212 Å². The number of fused-ring (bicyclic) bond motifs is 6. The summed E-state index contributed by atoms with van der Waals surface area (Å²) in [7, 11) is 0. The van der Waals surface area contributed by atoms with Gasteiger partial charge < -0.3 is 9.47 Å². The number of rotatable bonds is 8. The molecule has 1 aliphatic rings. The van der Waals surface area contributed by atoms with Crippen molar-refractivity contribution >= 4 is 71.1 Å². The van der Waals surface area contributed by atoms with E-state index in [2.05, 4.69) is 270 Å². The topological polar surface area (TPSA) is 8.17 Å². The minimum atomic E-state index is 0.0509. The van der Waals surface area contributed by atoms with E-state index in [0.717, 1.165) is 17.8 Å². The van der Waals surface area contributed by atoms with Gasteiger partial charge in [0.25, 0.3) is 0 Å². The lowest BCUT2D eigenvalue weighted by Gasteiger charge is -2.35. The first-order valence-corrected chi connectivity index (χ1v) is 23.7. The largest absolute Gasteiger partial charge is 0.334 e. The van der Waals surface area contributed by atoms with Crippen molar-refractivity contribution in [2.24, 2.45) is 0 Å². The van der Waals surface area contributed by atoms with Gasteiger partial charge in [0.05, 0.1) is 17.1 Å². The molecule has 320 valence electrons. The van der Waals surface area contributed by atoms with Crippen molar-refractivity contribution in [1.82, 2.24) is 4.57 Å². The van der Waals surface area contributed by atoms with Gasteiger partial charge in [0, 0.05) is 33.2 Å². The van der Waals surface area contributed by atoms with Crippen LogP contribution in [0.5, 0.6) is 0 Å². The Hall–Kier alpha value is -8.72. The van der Waals surface area contributed by atoms with E-state index in [0.29, 0.717) is 0 Å². The molecule has 1 unspecified atom stereocenters. The summed E-state index contributed by atoms with van der Waals surface area (Å²) >= 11 is 0. The van der Waals surface area contributed by atoms with Crippen molar-refractivity contribution in [3.05, 3.63) is 266 Å². The molecule has 0 spiro atoms. The van der Waals surface area contributed by atoms with Crippen LogP contribution in [-0.4, -0.2) is 10.6 Å². The maximum Gasteiger partial charge on any atom is 0.0566 e. The maximum atomic E-state index is 2.58. The summed E-state index contributed by atoms with van der Waals surface area (Å²) in [6.07, 6.45) is 7.82. The van der Waals surface area contributed by atoms with E-state index in [-0.39, 0.29) is 6.04 Å². The molecular formula is C66H46N2. The Kier molecular flexibility index (Phi) is 9.68. The molecule has 1 aromatic heterocycles. The normalized spacial score (nSPS) is 13.7. The second-order valence-corrected chi connectivity index (χ2v) is 18.0. The first-order valence-electron chi connectivity index (χ1n) is 23.7. The number of anilines is 2. The van der Waals surface area contributed by atoms with Crippen LogP contribution in [0.15, 0.2) is 261 Å². The maximum absolute atomic E-state index is 2.58. The van der Waals surface area contributed by atoms with Crippen LogP contribution < -0.4 is 4.90 Å². The van der Waals surface area contributed by atoms with E-state index in [1.165, 1.54) is 104 Å². The summed E-state index contributed by atoms with van der Waals surface area (Å²) in [6.45, 7) is 0. The summed E-state index contributed by atoms with van der Waals surface area (Å²) in [5, 5.41) is 10.0. The monoisotopic (exact) mass is 866 g/mol. The average Bonchev–Trinajstić information content (AvgIpc) is 3.75. The molecular weight excluding hydrogens is 821 g/mol. The van der Waals surface area contributed by atoms with Gasteiger partial charge in [-0.05, 0) is 126 Å². The summed E-state index contributed by atoms with van der Waals surface area (Å²) < 4.78 is 2.43. The predicted octanol–water partition coefficient (Wildman–Crippen LogP) is 17.8. The molecule has 1 atom stereocenters. The van der Waals surface area contributed by atoms with E-state index in [9.17, 15) is 0 Å². The highest BCUT2D eigenvalue weighted by molar-refractivity contribution is 6.11. The van der Waals surface area contributed by atoms with Gasteiger partial charge >= 0.3 is 0 Å². The number of hydrogen-bond acceptors (Lipinski definition) is 1. The fraction of sp³-hybridized carbons (Fsp3) is 0.0303. The van der Waals surface area contributed by atoms with Crippen molar-refractivity contribution in [2.75, 3.05) is 4.90 Å². The zero-order chi connectivity index (χ0) is 45.0. The van der Waals surface area contributed by atoms with Gasteiger partial charge in [-0.25, -0.2) is 0 Å². The lowest BCUT2D eigenvalue weighted by molar-refractivity contribution is 0.798. The van der Waals surface area contributed by atoms with Crippen molar-refractivity contribution in [3.8, 4) is 39.1 Å². The first kappa shape index (κ1) is 39.6. The Morgan fingerprint density at radius 2 is 0.882 bits per heavy atom. The minimum Gasteiger partial charge on any atom is -0.334 e. The van der Waals surface area contributed by atoms with Gasteiger partial charge in [-0.2, -0.15) is 0 Å². The van der Waals surface area contributed by atoms with E-state index < -0.39 is 0 Å². The average molecular weight is 867 g/mol. The lowest BCUT2D eigenvalue weighted by Crippen LogP contribution is -2.31. The van der Waals surface area contributed by atoms with E-state index in [1.54, 1.807) is 0 Å². The van der Waals surface area contributed by atoms with Crippen LogP contribution in [0.3, 0.4) is 0 Å². The highest BCUT2D eigenvalue weighted by Gasteiger charge is 2.26. The van der Waals surface area contributed by atoms with Crippen LogP contribution in [-0.2, 0) is 0 Å². The summed E-state index contributed by atoms with van der Waals surface area (Å²) in [5.74, 6) is 0. The summed E-state index contributed by atoms with van der Waals surface area (Å²) in [5.41, 5.74) is 15.7. The van der Waals surface area contributed by atoms with E-state index in [4.69, 9.17) is 0 Å². The predicted molar refractivity (Wildman–Crippen MR) is 290 cm³/mol. The molecule has 0 radical (unpaired) electrons. The molecule has 2 heteroatoms. The molecule has 0 amide bonds. The van der Waals surface area contributed by atoms with Crippen LogP contribution in [0.2, 0.25) is 0 Å². The van der Waals surface area contributed by atoms with Crippen LogP contribution in [0.1, 0.15) is 12.0 Å². The van der Waals surface area contributed by atoms with Gasteiger partial charge in [-0.15, -0.1) is 0 Å². The fourth-order valence-corrected chi connectivity index (χ4v) is 11.0. The number of nitrogens with zero attached hydrogens (tertiary/aromatic N) is 2. The third-order valence-corrected chi connectivity index (χ3v) is 14.1. The highest BCUT2D eigenvalue weighted by atomic mass is 15.2. The fourth-order valence-electron chi connectivity index (χ4n) is 11.0. The smallest absolute Gasteiger partial charge is 0.0566 e. The van der Waals surface area contributed by atoms with E-state index in [1.807, 2.05) is 0 Å². The number of allylic oxidation sites excluding steroid dienone is 2. The second-order valence-electron chi connectivity index (χ2n) is 18.0. The molecule has 0 saturated heterocycles. The molecule has 12 aromatic rings. The number of para-hydroxylation sites is 2. The first-order chi connectivity index (χ1) is 33.7. The van der Waals surface area contributed by atoms with Crippen molar-refractivity contribution in [1.29, 1.82) is 0 Å². The Morgan fingerprint density at radius 3 is 1.56 bits per heavy atom. The summed E-state index contributed by atoms with van der Waals surface area (Å²) in [4.78, 5) is 2.58. The van der Waals surface area contributed by atoms with Crippen molar-refractivity contribution < 1.29 is 0 Å². The molecule has 1 aliphatic carbocycles. The van der Waals surface area contributed by atoms with Gasteiger partial charge in [-0.3, -0.25) is 0 Å². The number of aromatic nitrogens is 1. The third kappa shape index (κ3) is 6.81. The molecule has 1 heterocycles. The lowest BCUT2D eigenvalue weighted by atomic mass is 9.89. The van der Waals surface area contributed by atoms with Crippen LogP contribution in [0, 0.1) is 0 Å². The third-order valence-electron chi connectivity index (χ3n) is 14.1. The Balaban J connectivity index is 0.965. The molecule has 2 nitrogen and oxygen atoms in total. The highest BCUT2D eigenvalue weighted by Crippen LogP contribution is 2.44. The zero-order valence-corrected chi connectivity index (χ0v) is 37.5. The molecule has 68 heavy (non-hydrogen) atoms. The van der Waals surface area contributed by atoms with Crippen LogP contribution in [0.25, 0.3) is 98.8 Å². The van der Waals surface area contributed by atoms with E-state index >= 15 is 0 Å². The standard InChI is InChI=1S/C66H46N2/c1-2-17-45(18-3-1)50-41-51(44-54(43-50)68-64-33-12-10-29-62(64)63-30-11-13-34-65(63)68)46-35-37-52(38-36-46)67(53-24-14-23-49(42-53)57-31-15-21-47-19-4-6-25-55(47)57)66-40-39-60(59-27-8-9-28-61(59)66)58-32-16-22-48-20-5-7-26-56(48)58/h1-41,43-44,53H,42H2. The van der Waals surface area contributed by atoms with Gasteiger partial charge in [0.15, 0.2) is 0 Å². The molecule has 0 fully saturated rings. The minimum absolute atomic E-state index is 0.0509. The van der Waals surface area contributed by atoms with Gasteiger partial charge in [0.1, 0.15) is 0 Å². The quantitative estimate of drug-likeness (QED) is 0.148. The zero-order valence-electron chi connectivity index (χ0n) is 37.5. The van der Waals surface area contributed by atoms with Crippen LogP contribution in [0.4, 0.5) is 11.4 Å². The summed E-state index contributed by atoms with van der Waals surface area (Å²) in [6, 6.07) is 89.3. The molecule has 0 bridgehead atoms. The molecule has 13 rings (SSSR count).